The second-order valence-corrected chi connectivity index (χ2v) is 3.97. The normalized spacial score (nSPS) is 9.93. The minimum atomic E-state index is -0.135. The molecule has 0 radical (unpaired) electrons. The molecule has 0 atom stereocenters. The van der Waals surface area contributed by atoms with E-state index < -0.39 is 0 Å². The summed E-state index contributed by atoms with van der Waals surface area (Å²) in [6, 6.07) is 5.98. The zero-order valence-electron chi connectivity index (χ0n) is 8.01. The van der Waals surface area contributed by atoms with Gasteiger partial charge in [-0.2, -0.15) is 0 Å². The molecule has 0 bridgehead atoms. The van der Waals surface area contributed by atoms with Crippen molar-refractivity contribution in [2.24, 2.45) is 5.73 Å². The minimum Gasteiger partial charge on any atom is -0.351 e. The Hall–Kier alpha value is -0.870. The number of carbonyl (C=O) groups excluding carboxylic acids is 1. The van der Waals surface area contributed by atoms with Gasteiger partial charge in [-0.3, -0.25) is 4.79 Å². The maximum atomic E-state index is 10.9. The minimum absolute atomic E-state index is 0.0348. The van der Waals surface area contributed by atoms with Crippen LogP contribution < -0.4 is 11.1 Å². The first kappa shape index (κ1) is 11.2. The molecule has 0 unspecified atom stereocenters. The van der Waals surface area contributed by atoms with Crippen LogP contribution in [0.2, 0.25) is 0 Å². The Morgan fingerprint density at radius 3 is 2.93 bits per heavy atom. The first-order valence-corrected chi connectivity index (χ1v) is 5.14. The molecular weight excluding hydrogens is 244 g/mol. The molecule has 14 heavy (non-hydrogen) atoms. The average molecular weight is 257 g/mol. The molecule has 0 heterocycles. The first-order chi connectivity index (χ1) is 6.63. The van der Waals surface area contributed by atoms with Crippen LogP contribution in [0.4, 0.5) is 0 Å². The fraction of sp³-hybridized carbons (Fsp3) is 0.300. The van der Waals surface area contributed by atoms with E-state index in [0.717, 1.165) is 15.6 Å². The maximum Gasteiger partial charge on any atom is 0.234 e. The van der Waals surface area contributed by atoms with E-state index in [1.54, 1.807) is 0 Å². The second kappa shape index (κ2) is 5.12. The van der Waals surface area contributed by atoms with Crippen molar-refractivity contribution in [2.75, 3.05) is 6.54 Å². The van der Waals surface area contributed by atoms with Crippen LogP contribution in [0.25, 0.3) is 0 Å². The molecule has 0 saturated carbocycles. The van der Waals surface area contributed by atoms with Gasteiger partial charge in [0.25, 0.3) is 0 Å². The summed E-state index contributed by atoms with van der Waals surface area (Å²) in [7, 11) is 0. The van der Waals surface area contributed by atoms with Crippen LogP contribution in [0, 0.1) is 6.92 Å². The number of halogens is 1. The van der Waals surface area contributed by atoms with Gasteiger partial charge in [0.1, 0.15) is 0 Å². The molecule has 0 spiro atoms. The quantitative estimate of drug-likeness (QED) is 0.858. The fourth-order valence-electron chi connectivity index (χ4n) is 1.10. The van der Waals surface area contributed by atoms with Crippen molar-refractivity contribution in [1.82, 2.24) is 5.32 Å². The number of nitrogens with one attached hydrogen (secondary N) is 1. The lowest BCUT2D eigenvalue weighted by Gasteiger charge is -2.07. The summed E-state index contributed by atoms with van der Waals surface area (Å²) in [6.07, 6.45) is 0. The van der Waals surface area contributed by atoms with Gasteiger partial charge in [-0.05, 0) is 30.2 Å². The molecular formula is C10H13BrN2O. The van der Waals surface area contributed by atoms with Crippen LogP contribution in [0.1, 0.15) is 11.1 Å². The highest BCUT2D eigenvalue weighted by atomic mass is 79.9. The number of hydrogen-bond acceptors (Lipinski definition) is 2. The van der Waals surface area contributed by atoms with Gasteiger partial charge in [0.2, 0.25) is 5.91 Å². The number of nitrogens with two attached hydrogens (primary N) is 1. The molecule has 0 aliphatic rings. The molecule has 76 valence electrons. The van der Waals surface area contributed by atoms with Gasteiger partial charge in [0.05, 0.1) is 6.54 Å². The SMILES string of the molecule is Cc1ccc(Br)cc1CNC(=O)CN. The maximum absolute atomic E-state index is 10.9. The van der Waals surface area contributed by atoms with Gasteiger partial charge in [-0.15, -0.1) is 0 Å². The summed E-state index contributed by atoms with van der Waals surface area (Å²) in [5.41, 5.74) is 7.44. The van der Waals surface area contributed by atoms with E-state index in [0.29, 0.717) is 6.54 Å². The van der Waals surface area contributed by atoms with Crippen molar-refractivity contribution < 1.29 is 4.79 Å². The van der Waals surface area contributed by atoms with Gasteiger partial charge < -0.3 is 11.1 Å². The van der Waals surface area contributed by atoms with Gasteiger partial charge in [-0.25, -0.2) is 0 Å². The highest BCUT2D eigenvalue weighted by Gasteiger charge is 2.01. The van der Waals surface area contributed by atoms with Crippen molar-refractivity contribution in [3.63, 3.8) is 0 Å². The first-order valence-electron chi connectivity index (χ1n) is 4.35. The lowest BCUT2D eigenvalue weighted by atomic mass is 10.1. The standard InChI is InChI=1S/C10H13BrN2O/c1-7-2-3-9(11)4-8(7)6-13-10(14)5-12/h2-4H,5-6,12H2,1H3,(H,13,14). The smallest absolute Gasteiger partial charge is 0.234 e. The van der Waals surface area contributed by atoms with Crippen LogP contribution in [0.15, 0.2) is 22.7 Å². The number of carbonyl (C=O) groups is 1. The molecule has 0 aliphatic carbocycles. The monoisotopic (exact) mass is 256 g/mol. The van der Waals surface area contributed by atoms with Crippen molar-refractivity contribution in [3.8, 4) is 0 Å². The van der Waals surface area contributed by atoms with Crippen molar-refractivity contribution in [2.45, 2.75) is 13.5 Å². The van der Waals surface area contributed by atoms with Crippen LogP contribution in [0.3, 0.4) is 0 Å². The molecule has 0 fully saturated rings. The summed E-state index contributed by atoms with van der Waals surface area (Å²) in [4.78, 5) is 10.9. The molecule has 3 nitrogen and oxygen atoms in total. The van der Waals surface area contributed by atoms with E-state index in [9.17, 15) is 4.79 Å². The van der Waals surface area contributed by atoms with Crippen LogP contribution in [-0.2, 0) is 11.3 Å². The van der Waals surface area contributed by atoms with Crippen LogP contribution in [-0.4, -0.2) is 12.5 Å². The van der Waals surface area contributed by atoms with E-state index in [4.69, 9.17) is 5.73 Å². The van der Waals surface area contributed by atoms with E-state index >= 15 is 0 Å². The van der Waals surface area contributed by atoms with Crippen LogP contribution in [0.5, 0.6) is 0 Å². The summed E-state index contributed by atoms with van der Waals surface area (Å²) in [6.45, 7) is 2.57. The third-order valence-electron chi connectivity index (χ3n) is 1.97. The molecule has 1 aromatic rings. The summed E-state index contributed by atoms with van der Waals surface area (Å²) in [5.74, 6) is -0.135. The summed E-state index contributed by atoms with van der Waals surface area (Å²) in [5, 5.41) is 2.73. The van der Waals surface area contributed by atoms with E-state index in [2.05, 4.69) is 21.2 Å². The second-order valence-electron chi connectivity index (χ2n) is 3.05. The van der Waals surface area contributed by atoms with Crippen molar-refractivity contribution in [3.05, 3.63) is 33.8 Å². The Labute approximate surface area is 91.8 Å². The van der Waals surface area contributed by atoms with Gasteiger partial charge in [-0.1, -0.05) is 22.0 Å². The zero-order chi connectivity index (χ0) is 10.6. The van der Waals surface area contributed by atoms with Crippen molar-refractivity contribution in [1.29, 1.82) is 0 Å². The number of hydrogen-bond donors (Lipinski definition) is 2. The Balaban J connectivity index is 2.66. The summed E-state index contributed by atoms with van der Waals surface area (Å²) >= 11 is 3.38. The van der Waals surface area contributed by atoms with Gasteiger partial charge >= 0.3 is 0 Å². The predicted molar refractivity (Wildman–Crippen MR) is 59.8 cm³/mol. The molecule has 1 rings (SSSR count). The molecule has 1 amide bonds. The lowest BCUT2D eigenvalue weighted by molar-refractivity contribution is -0.119. The van der Waals surface area contributed by atoms with E-state index in [1.807, 2.05) is 25.1 Å². The predicted octanol–water partition coefficient (Wildman–Crippen LogP) is 1.33. The van der Waals surface area contributed by atoms with E-state index in [1.165, 1.54) is 0 Å². The number of amides is 1. The topological polar surface area (TPSA) is 55.1 Å². The largest absolute Gasteiger partial charge is 0.351 e. The third-order valence-corrected chi connectivity index (χ3v) is 2.47. The summed E-state index contributed by atoms with van der Waals surface area (Å²) < 4.78 is 1.01. The lowest BCUT2D eigenvalue weighted by Crippen LogP contribution is -2.29. The van der Waals surface area contributed by atoms with E-state index in [-0.39, 0.29) is 12.5 Å². The fourth-order valence-corrected chi connectivity index (χ4v) is 1.50. The number of aryl methyl sites for hydroxylation is 1. The number of rotatable bonds is 3. The highest BCUT2D eigenvalue weighted by Crippen LogP contribution is 2.15. The Bertz CT molecular complexity index is 339. The molecule has 3 N–H and O–H groups in total. The van der Waals surface area contributed by atoms with Crippen LogP contribution >= 0.6 is 15.9 Å². The number of benzene rings is 1. The van der Waals surface area contributed by atoms with Gasteiger partial charge in [0.15, 0.2) is 0 Å². The Morgan fingerprint density at radius 2 is 2.29 bits per heavy atom. The molecule has 1 aromatic carbocycles. The zero-order valence-corrected chi connectivity index (χ0v) is 9.60. The van der Waals surface area contributed by atoms with Gasteiger partial charge in [0, 0.05) is 11.0 Å². The molecule has 4 heteroatoms. The molecule has 0 aromatic heterocycles. The highest BCUT2D eigenvalue weighted by molar-refractivity contribution is 9.10. The molecule has 0 saturated heterocycles. The molecule has 0 aliphatic heterocycles. The third kappa shape index (κ3) is 3.12. The van der Waals surface area contributed by atoms with Crippen molar-refractivity contribution >= 4 is 21.8 Å². The average Bonchev–Trinajstić information content (AvgIpc) is 2.19. The Kier molecular flexibility index (Phi) is 4.10. The Morgan fingerprint density at radius 1 is 1.57 bits per heavy atom.